The third-order valence-electron chi connectivity index (χ3n) is 2.03. The molecule has 0 saturated heterocycles. The average molecular weight is 273 g/mol. The number of benzene rings is 1. The lowest BCUT2D eigenvalue weighted by atomic mass is 10.2. The molecular formula is C12H14ClFN2O2. The van der Waals surface area contributed by atoms with Crippen molar-refractivity contribution >= 4 is 23.4 Å². The van der Waals surface area contributed by atoms with E-state index in [0.717, 1.165) is 12.1 Å². The van der Waals surface area contributed by atoms with Gasteiger partial charge < -0.3 is 10.6 Å². The number of hydrogen-bond donors (Lipinski definition) is 2. The van der Waals surface area contributed by atoms with Crippen LogP contribution in [-0.4, -0.2) is 24.4 Å². The van der Waals surface area contributed by atoms with E-state index < -0.39 is 11.7 Å². The standard InChI is InChI=1S/C12H14ClFN2O2/c1-7(2)16-11(17)6-15-12(18)9-4-3-8(14)5-10(9)13/h3-5,7H,6H2,1-2H3,(H,15,18)(H,16,17). The molecule has 18 heavy (non-hydrogen) atoms. The first kappa shape index (κ1) is 14.4. The molecule has 1 rings (SSSR count). The molecule has 2 N–H and O–H groups in total. The van der Waals surface area contributed by atoms with E-state index >= 15 is 0 Å². The average Bonchev–Trinajstić information content (AvgIpc) is 2.25. The monoisotopic (exact) mass is 272 g/mol. The van der Waals surface area contributed by atoms with Gasteiger partial charge >= 0.3 is 0 Å². The van der Waals surface area contributed by atoms with Gasteiger partial charge in [0.2, 0.25) is 5.91 Å². The maximum Gasteiger partial charge on any atom is 0.253 e. The fraction of sp³-hybridized carbons (Fsp3) is 0.333. The summed E-state index contributed by atoms with van der Waals surface area (Å²) in [6.07, 6.45) is 0. The Hall–Kier alpha value is -1.62. The molecule has 6 heteroatoms. The predicted octanol–water partition coefficient (Wildman–Crippen LogP) is 1.73. The molecular weight excluding hydrogens is 259 g/mol. The molecule has 98 valence electrons. The van der Waals surface area contributed by atoms with Crippen LogP contribution in [0.2, 0.25) is 5.02 Å². The molecule has 0 radical (unpaired) electrons. The van der Waals surface area contributed by atoms with Gasteiger partial charge in [-0.05, 0) is 32.0 Å². The number of rotatable bonds is 4. The van der Waals surface area contributed by atoms with E-state index in [0.29, 0.717) is 0 Å². The van der Waals surface area contributed by atoms with Crippen LogP contribution in [0.4, 0.5) is 4.39 Å². The van der Waals surface area contributed by atoms with Crippen molar-refractivity contribution in [2.45, 2.75) is 19.9 Å². The highest BCUT2D eigenvalue weighted by atomic mass is 35.5. The second-order valence-corrected chi connectivity index (χ2v) is 4.44. The van der Waals surface area contributed by atoms with E-state index in [1.54, 1.807) is 0 Å². The highest BCUT2D eigenvalue weighted by molar-refractivity contribution is 6.33. The summed E-state index contributed by atoms with van der Waals surface area (Å²) in [5.41, 5.74) is 0.135. The summed E-state index contributed by atoms with van der Waals surface area (Å²) in [6, 6.07) is 3.45. The Morgan fingerprint density at radius 3 is 2.61 bits per heavy atom. The topological polar surface area (TPSA) is 58.2 Å². The molecule has 1 aromatic carbocycles. The largest absolute Gasteiger partial charge is 0.352 e. The SMILES string of the molecule is CC(C)NC(=O)CNC(=O)c1ccc(F)cc1Cl. The lowest BCUT2D eigenvalue weighted by Crippen LogP contribution is -2.39. The van der Waals surface area contributed by atoms with E-state index in [9.17, 15) is 14.0 Å². The lowest BCUT2D eigenvalue weighted by Gasteiger charge is -2.09. The number of nitrogens with one attached hydrogen (secondary N) is 2. The van der Waals surface area contributed by atoms with Gasteiger partial charge in [-0.25, -0.2) is 4.39 Å². The number of halogens is 2. The van der Waals surface area contributed by atoms with Crippen molar-refractivity contribution in [1.29, 1.82) is 0 Å². The summed E-state index contributed by atoms with van der Waals surface area (Å²) < 4.78 is 12.8. The van der Waals surface area contributed by atoms with Crippen LogP contribution in [-0.2, 0) is 4.79 Å². The number of carbonyl (C=O) groups is 2. The Morgan fingerprint density at radius 2 is 2.06 bits per heavy atom. The Balaban J connectivity index is 2.58. The van der Waals surface area contributed by atoms with Gasteiger partial charge in [0.1, 0.15) is 5.82 Å². The molecule has 0 aliphatic heterocycles. The molecule has 0 bridgehead atoms. The zero-order valence-corrected chi connectivity index (χ0v) is 10.8. The van der Waals surface area contributed by atoms with E-state index in [2.05, 4.69) is 10.6 Å². The zero-order valence-electron chi connectivity index (χ0n) is 10.1. The Kier molecular flexibility index (Phi) is 5.09. The first-order valence-electron chi connectivity index (χ1n) is 5.42. The molecule has 1 aromatic rings. The minimum Gasteiger partial charge on any atom is -0.352 e. The lowest BCUT2D eigenvalue weighted by molar-refractivity contribution is -0.120. The molecule has 0 heterocycles. The van der Waals surface area contributed by atoms with Crippen LogP contribution < -0.4 is 10.6 Å². The van der Waals surface area contributed by atoms with Crippen molar-refractivity contribution in [2.75, 3.05) is 6.54 Å². The van der Waals surface area contributed by atoms with Gasteiger partial charge in [-0.1, -0.05) is 11.6 Å². The molecule has 0 aliphatic carbocycles. The van der Waals surface area contributed by atoms with Crippen LogP contribution in [0.1, 0.15) is 24.2 Å². The summed E-state index contributed by atoms with van der Waals surface area (Å²) in [5, 5.41) is 5.04. The maximum absolute atomic E-state index is 12.8. The van der Waals surface area contributed by atoms with Crippen molar-refractivity contribution in [3.63, 3.8) is 0 Å². The summed E-state index contributed by atoms with van der Waals surface area (Å²) >= 11 is 5.72. The fourth-order valence-corrected chi connectivity index (χ4v) is 1.56. The van der Waals surface area contributed by atoms with Crippen molar-refractivity contribution < 1.29 is 14.0 Å². The number of hydrogen-bond acceptors (Lipinski definition) is 2. The minimum absolute atomic E-state index is 0.00353. The van der Waals surface area contributed by atoms with E-state index in [1.807, 2.05) is 13.8 Å². The summed E-state index contributed by atoms with van der Waals surface area (Å²) in [4.78, 5) is 23.0. The van der Waals surface area contributed by atoms with E-state index in [-0.39, 0.29) is 29.1 Å². The molecule has 0 saturated carbocycles. The van der Waals surface area contributed by atoms with Gasteiger partial charge in [0.25, 0.3) is 5.91 Å². The Labute approximate surface area is 110 Å². The Morgan fingerprint density at radius 1 is 1.39 bits per heavy atom. The highest BCUT2D eigenvalue weighted by Gasteiger charge is 2.12. The highest BCUT2D eigenvalue weighted by Crippen LogP contribution is 2.16. The van der Waals surface area contributed by atoms with Crippen molar-refractivity contribution in [3.05, 3.63) is 34.6 Å². The molecule has 4 nitrogen and oxygen atoms in total. The van der Waals surface area contributed by atoms with Crippen LogP contribution in [0, 0.1) is 5.82 Å². The Bertz CT molecular complexity index is 463. The van der Waals surface area contributed by atoms with Crippen molar-refractivity contribution in [2.24, 2.45) is 0 Å². The summed E-state index contributed by atoms with van der Waals surface area (Å²) in [7, 11) is 0. The second kappa shape index (κ2) is 6.35. The fourth-order valence-electron chi connectivity index (χ4n) is 1.30. The van der Waals surface area contributed by atoms with Crippen molar-refractivity contribution in [3.8, 4) is 0 Å². The van der Waals surface area contributed by atoms with Crippen LogP contribution in [0.15, 0.2) is 18.2 Å². The second-order valence-electron chi connectivity index (χ2n) is 4.03. The molecule has 0 unspecified atom stereocenters. The van der Waals surface area contributed by atoms with Crippen molar-refractivity contribution in [1.82, 2.24) is 10.6 Å². The van der Waals surface area contributed by atoms with Gasteiger partial charge in [0.15, 0.2) is 0 Å². The van der Waals surface area contributed by atoms with E-state index in [4.69, 9.17) is 11.6 Å². The molecule has 2 amide bonds. The molecule has 0 fully saturated rings. The maximum atomic E-state index is 12.8. The minimum atomic E-state index is -0.519. The third kappa shape index (κ3) is 4.33. The number of amides is 2. The zero-order chi connectivity index (χ0) is 13.7. The van der Waals surface area contributed by atoms with Crippen LogP contribution in [0.3, 0.4) is 0 Å². The van der Waals surface area contributed by atoms with Gasteiger partial charge in [-0.2, -0.15) is 0 Å². The number of carbonyl (C=O) groups excluding carboxylic acids is 2. The molecule has 0 aromatic heterocycles. The van der Waals surface area contributed by atoms with E-state index in [1.165, 1.54) is 6.07 Å². The van der Waals surface area contributed by atoms with Gasteiger partial charge in [-0.3, -0.25) is 9.59 Å². The van der Waals surface area contributed by atoms with Crippen LogP contribution in [0.5, 0.6) is 0 Å². The molecule has 0 spiro atoms. The quantitative estimate of drug-likeness (QED) is 0.877. The summed E-state index contributed by atoms with van der Waals surface area (Å²) in [5.74, 6) is -1.33. The van der Waals surface area contributed by atoms with Gasteiger partial charge in [0, 0.05) is 6.04 Å². The first-order valence-corrected chi connectivity index (χ1v) is 5.80. The predicted molar refractivity (Wildman–Crippen MR) is 67.0 cm³/mol. The molecule has 0 atom stereocenters. The van der Waals surface area contributed by atoms with Crippen LogP contribution in [0.25, 0.3) is 0 Å². The van der Waals surface area contributed by atoms with Gasteiger partial charge in [-0.15, -0.1) is 0 Å². The normalized spacial score (nSPS) is 10.3. The van der Waals surface area contributed by atoms with Gasteiger partial charge in [0.05, 0.1) is 17.1 Å². The molecule has 0 aliphatic rings. The first-order chi connectivity index (χ1) is 8.40. The summed E-state index contributed by atoms with van der Waals surface area (Å²) in [6.45, 7) is 3.48. The van der Waals surface area contributed by atoms with Crippen LogP contribution >= 0.6 is 11.6 Å². The third-order valence-corrected chi connectivity index (χ3v) is 2.35. The smallest absolute Gasteiger partial charge is 0.253 e.